The lowest BCUT2D eigenvalue weighted by atomic mass is 10.2. The maximum atomic E-state index is 13.0. The topological polar surface area (TPSA) is 17.1 Å². The molecule has 0 heterocycles. The monoisotopic (exact) mass is 198 g/mol. The quantitative estimate of drug-likeness (QED) is 0.742. The number of carbonyl (C=O) groups excluding carboxylic acids is 1. The summed E-state index contributed by atoms with van der Waals surface area (Å²) >= 11 is 1.23. The third-order valence-electron chi connectivity index (χ3n) is 1.63. The largest absolute Gasteiger partial charge is 0.288 e. The summed E-state index contributed by atoms with van der Waals surface area (Å²) < 4.78 is 13.0. The van der Waals surface area contributed by atoms with Crippen molar-refractivity contribution in [1.82, 2.24) is 0 Å². The standard InChI is InChI=1S/C10H11FOS/c1-8(12)13-7-6-9-4-2-3-5-10(9)11/h2-5H,6-7H2,1H3. The lowest BCUT2D eigenvalue weighted by Crippen LogP contribution is -1.94. The first-order valence-electron chi connectivity index (χ1n) is 4.07. The van der Waals surface area contributed by atoms with Crippen molar-refractivity contribution in [3.05, 3.63) is 35.6 Å². The van der Waals surface area contributed by atoms with Crippen LogP contribution in [0.5, 0.6) is 0 Å². The van der Waals surface area contributed by atoms with Gasteiger partial charge in [0.15, 0.2) is 5.12 Å². The van der Waals surface area contributed by atoms with Crippen LogP contribution in [-0.4, -0.2) is 10.9 Å². The van der Waals surface area contributed by atoms with Crippen molar-refractivity contribution in [1.29, 1.82) is 0 Å². The minimum atomic E-state index is -0.188. The average Bonchev–Trinajstić information content (AvgIpc) is 2.08. The summed E-state index contributed by atoms with van der Waals surface area (Å²) in [6, 6.07) is 6.65. The Kier molecular flexibility index (Phi) is 3.96. The summed E-state index contributed by atoms with van der Waals surface area (Å²) in [5.74, 6) is 0.461. The molecule has 0 aliphatic heterocycles. The maximum absolute atomic E-state index is 13.0. The number of thioether (sulfide) groups is 1. The Balaban J connectivity index is 2.45. The lowest BCUT2D eigenvalue weighted by Gasteiger charge is -2.00. The van der Waals surface area contributed by atoms with Crippen molar-refractivity contribution in [3.63, 3.8) is 0 Å². The molecule has 0 atom stereocenters. The van der Waals surface area contributed by atoms with Gasteiger partial charge in [0, 0.05) is 12.7 Å². The number of carbonyl (C=O) groups is 1. The molecule has 1 rings (SSSR count). The first-order chi connectivity index (χ1) is 6.20. The van der Waals surface area contributed by atoms with Crippen LogP contribution in [0.25, 0.3) is 0 Å². The third kappa shape index (κ3) is 3.59. The van der Waals surface area contributed by atoms with E-state index in [0.717, 1.165) is 0 Å². The van der Waals surface area contributed by atoms with Crippen molar-refractivity contribution < 1.29 is 9.18 Å². The van der Waals surface area contributed by atoms with Gasteiger partial charge in [0.25, 0.3) is 0 Å². The first kappa shape index (κ1) is 10.3. The highest BCUT2D eigenvalue weighted by Crippen LogP contribution is 2.10. The third-order valence-corrected chi connectivity index (χ3v) is 2.45. The van der Waals surface area contributed by atoms with Crippen LogP contribution in [0, 0.1) is 5.82 Å². The Hall–Kier alpha value is -0.830. The Bertz CT molecular complexity index is 299. The van der Waals surface area contributed by atoms with Gasteiger partial charge < -0.3 is 0 Å². The highest BCUT2D eigenvalue weighted by Gasteiger charge is 2.01. The summed E-state index contributed by atoms with van der Waals surface area (Å²) in [4.78, 5) is 10.6. The van der Waals surface area contributed by atoms with E-state index in [4.69, 9.17) is 0 Å². The number of benzene rings is 1. The van der Waals surface area contributed by atoms with Crippen molar-refractivity contribution in [2.75, 3.05) is 5.75 Å². The molecular weight excluding hydrogens is 187 g/mol. The molecule has 0 spiro atoms. The molecule has 3 heteroatoms. The molecule has 0 fully saturated rings. The fourth-order valence-electron chi connectivity index (χ4n) is 1.01. The molecule has 13 heavy (non-hydrogen) atoms. The van der Waals surface area contributed by atoms with E-state index in [1.54, 1.807) is 18.2 Å². The van der Waals surface area contributed by atoms with Crippen LogP contribution in [0.2, 0.25) is 0 Å². The Morgan fingerprint density at radius 1 is 1.46 bits per heavy atom. The Morgan fingerprint density at radius 3 is 2.77 bits per heavy atom. The van der Waals surface area contributed by atoms with Crippen LogP contribution in [0.3, 0.4) is 0 Å². The number of hydrogen-bond acceptors (Lipinski definition) is 2. The van der Waals surface area contributed by atoms with E-state index in [-0.39, 0.29) is 10.9 Å². The van der Waals surface area contributed by atoms with Gasteiger partial charge in [0.05, 0.1) is 0 Å². The smallest absolute Gasteiger partial charge is 0.185 e. The van der Waals surface area contributed by atoms with Gasteiger partial charge in [-0.05, 0) is 18.1 Å². The first-order valence-corrected chi connectivity index (χ1v) is 5.05. The van der Waals surface area contributed by atoms with Gasteiger partial charge in [-0.1, -0.05) is 30.0 Å². The van der Waals surface area contributed by atoms with Crippen molar-refractivity contribution in [2.24, 2.45) is 0 Å². The van der Waals surface area contributed by atoms with E-state index in [2.05, 4.69) is 0 Å². The average molecular weight is 198 g/mol. The predicted octanol–water partition coefficient (Wildman–Crippen LogP) is 2.65. The van der Waals surface area contributed by atoms with E-state index in [1.165, 1.54) is 24.8 Å². The van der Waals surface area contributed by atoms with Gasteiger partial charge >= 0.3 is 0 Å². The minimum absolute atomic E-state index is 0.0799. The van der Waals surface area contributed by atoms with Crippen LogP contribution in [0.15, 0.2) is 24.3 Å². The molecule has 0 radical (unpaired) electrons. The highest BCUT2D eigenvalue weighted by atomic mass is 32.2. The van der Waals surface area contributed by atoms with E-state index in [1.807, 2.05) is 0 Å². The van der Waals surface area contributed by atoms with Gasteiger partial charge in [-0.3, -0.25) is 4.79 Å². The Labute approximate surface area is 81.3 Å². The zero-order valence-corrected chi connectivity index (χ0v) is 8.23. The molecule has 1 aromatic carbocycles. The van der Waals surface area contributed by atoms with E-state index >= 15 is 0 Å². The molecule has 0 aromatic heterocycles. The van der Waals surface area contributed by atoms with E-state index < -0.39 is 0 Å². The second kappa shape index (κ2) is 5.02. The molecule has 0 unspecified atom stereocenters. The van der Waals surface area contributed by atoms with Gasteiger partial charge in [0.1, 0.15) is 5.82 Å². The summed E-state index contributed by atoms with van der Waals surface area (Å²) in [6.45, 7) is 1.52. The lowest BCUT2D eigenvalue weighted by molar-refractivity contribution is -0.109. The molecule has 70 valence electrons. The van der Waals surface area contributed by atoms with Crippen molar-refractivity contribution in [2.45, 2.75) is 13.3 Å². The van der Waals surface area contributed by atoms with Crippen LogP contribution in [-0.2, 0) is 11.2 Å². The van der Waals surface area contributed by atoms with E-state index in [0.29, 0.717) is 17.7 Å². The van der Waals surface area contributed by atoms with Crippen LogP contribution >= 0.6 is 11.8 Å². The maximum Gasteiger partial charge on any atom is 0.185 e. The zero-order valence-electron chi connectivity index (χ0n) is 7.42. The van der Waals surface area contributed by atoms with Crippen molar-refractivity contribution in [3.8, 4) is 0 Å². The molecular formula is C10H11FOS. The zero-order chi connectivity index (χ0) is 9.68. The summed E-state index contributed by atoms with van der Waals surface area (Å²) in [6.07, 6.45) is 0.608. The van der Waals surface area contributed by atoms with Gasteiger partial charge in [-0.25, -0.2) is 4.39 Å². The highest BCUT2D eigenvalue weighted by molar-refractivity contribution is 8.13. The Morgan fingerprint density at radius 2 is 2.15 bits per heavy atom. The molecule has 0 N–H and O–H groups in total. The van der Waals surface area contributed by atoms with Crippen LogP contribution < -0.4 is 0 Å². The molecule has 0 bridgehead atoms. The second-order valence-corrected chi connectivity index (χ2v) is 3.95. The normalized spacial score (nSPS) is 10.0. The molecule has 0 amide bonds. The van der Waals surface area contributed by atoms with Gasteiger partial charge in [-0.15, -0.1) is 0 Å². The number of rotatable bonds is 3. The molecule has 1 nitrogen and oxygen atoms in total. The molecule has 1 aromatic rings. The summed E-state index contributed by atoms with van der Waals surface area (Å²) in [5, 5.41) is 0.0799. The van der Waals surface area contributed by atoms with Crippen LogP contribution in [0.4, 0.5) is 4.39 Å². The minimum Gasteiger partial charge on any atom is -0.288 e. The fourth-order valence-corrected chi connectivity index (χ4v) is 1.62. The molecule has 0 aliphatic rings. The predicted molar refractivity (Wildman–Crippen MR) is 53.2 cm³/mol. The van der Waals surface area contributed by atoms with Crippen LogP contribution in [0.1, 0.15) is 12.5 Å². The number of hydrogen-bond donors (Lipinski definition) is 0. The number of aryl methyl sites for hydroxylation is 1. The fraction of sp³-hybridized carbons (Fsp3) is 0.300. The second-order valence-electron chi connectivity index (χ2n) is 2.68. The molecule has 0 saturated carbocycles. The van der Waals surface area contributed by atoms with E-state index in [9.17, 15) is 9.18 Å². The molecule has 0 aliphatic carbocycles. The van der Waals surface area contributed by atoms with Gasteiger partial charge in [-0.2, -0.15) is 0 Å². The summed E-state index contributed by atoms with van der Waals surface area (Å²) in [5.41, 5.74) is 0.677. The summed E-state index contributed by atoms with van der Waals surface area (Å²) in [7, 11) is 0. The van der Waals surface area contributed by atoms with Crippen molar-refractivity contribution >= 4 is 16.9 Å². The van der Waals surface area contributed by atoms with Gasteiger partial charge in [0.2, 0.25) is 0 Å². The SMILES string of the molecule is CC(=O)SCCc1ccccc1F. The molecule has 0 saturated heterocycles. The number of halogens is 1.